The van der Waals surface area contributed by atoms with Gasteiger partial charge in [-0.2, -0.15) is 0 Å². The summed E-state index contributed by atoms with van der Waals surface area (Å²) in [7, 11) is 0. The number of hydrogen-bond acceptors (Lipinski definition) is 3. The minimum absolute atomic E-state index is 0.0437. The first kappa shape index (κ1) is 15.7. The number of benzene rings is 1. The monoisotopic (exact) mass is 302 g/mol. The highest BCUT2D eigenvalue weighted by molar-refractivity contribution is 7.12. The van der Waals surface area contributed by atoms with Crippen molar-refractivity contribution in [3.05, 3.63) is 51.2 Å². The largest absolute Gasteiger partial charge is 0.326 e. The molecule has 1 heterocycles. The van der Waals surface area contributed by atoms with E-state index in [0.717, 1.165) is 12.2 Å². The van der Waals surface area contributed by atoms with Crippen molar-refractivity contribution in [2.75, 3.05) is 5.32 Å². The molecule has 1 aromatic heterocycles. The molecule has 112 valence electrons. The van der Waals surface area contributed by atoms with Gasteiger partial charge in [-0.05, 0) is 50.1 Å². The van der Waals surface area contributed by atoms with Crippen LogP contribution in [-0.2, 0) is 11.3 Å². The SMILES string of the molecule is CC(=O)Nc1ccc(CNC(C)c2cc(C)sc2C)cc1. The molecule has 1 atom stereocenters. The molecular formula is C17H22N2OS. The third kappa shape index (κ3) is 4.41. The van der Waals surface area contributed by atoms with Crippen LogP contribution in [-0.4, -0.2) is 5.91 Å². The van der Waals surface area contributed by atoms with E-state index in [1.807, 2.05) is 35.6 Å². The van der Waals surface area contributed by atoms with Crippen molar-refractivity contribution < 1.29 is 4.79 Å². The number of carbonyl (C=O) groups excluding carboxylic acids is 1. The standard InChI is InChI=1S/C17H22N2OS/c1-11-9-17(13(3)21-11)12(2)18-10-15-5-7-16(8-6-15)19-14(4)20/h5-9,12,18H,10H2,1-4H3,(H,19,20). The molecule has 1 unspecified atom stereocenters. The van der Waals surface area contributed by atoms with E-state index in [1.54, 1.807) is 0 Å². The number of hydrogen-bond donors (Lipinski definition) is 2. The second kappa shape index (κ2) is 6.87. The summed E-state index contributed by atoms with van der Waals surface area (Å²) >= 11 is 1.85. The first-order valence-electron chi connectivity index (χ1n) is 7.12. The molecule has 2 aromatic rings. The van der Waals surface area contributed by atoms with Crippen LogP contribution in [0.15, 0.2) is 30.3 Å². The summed E-state index contributed by atoms with van der Waals surface area (Å²) in [4.78, 5) is 13.7. The van der Waals surface area contributed by atoms with Gasteiger partial charge in [0.15, 0.2) is 0 Å². The molecule has 4 heteroatoms. The van der Waals surface area contributed by atoms with Crippen LogP contribution in [0.3, 0.4) is 0 Å². The van der Waals surface area contributed by atoms with Crippen molar-refractivity contribution in [2.45, 2.75) is 40.3 Å². The predicted octanol–water partition coefficient (Wildman–Crippen LogP) is 4.17. The van der Waals surface area contributed by atoms with Gasteiger partial charge < -0.3 is 10.6 Å². The molecule has 1 amide bonds. The van der Waals surface area contributed by atoms with Crippen molar-refractivity contribution in [3.63, 3.8) is 0 Å². The number of rotatable bonds is 5. The quantitative estimate of drug-likeness (QED) is 0.870. The second-order valence-corrected chi connectivity index (χ2v) is 6.81. The van der Waals surface area contributed by atoms with Crippen LogP contribution >= 0.6 is 11.3 Å². The van der Waals surface area contributed by atoms with Gasteiger partial charge in [0.25, 0.3) is 0 Å². The first-order valence-corrected chi connectivity index (χ1v) is 7.94. The lowest BCUT2D eigenvalue weighted by Gasteiger charge is -2.14. The molecule has 0 saturated carbocycles. The fourth-order valence-electron chi connectivity index (χ4n) is 2.37. The van der Waals surface area contributed by atoms with Crippen LogP contribution < -0.4 is 10.6 Å². The molecule has 2 N–H and O–H groups in total. The number of thiophene rings is 1. The Morgan fingerprint density at radius 3 is 2.43 bits per heavy atom. The van der Waals surface area contributed by atoms with E-state index in [1.165, 1.54) is 27.8 Å². The van der Waals surface area contributed by atoms with Gasteiger partial charge in [-0.1, -0.05) is 12.1 Å². The van der Waals surface area contributed by atoms with Crippen LogP contribution in [0.4, 0.5) is 5.69 Å². The predicted molar refractivity (Wildman–Crippen MR) is 89.8 cm³/mol. The molecule has 0 radical (unpaired) electrons. The molecule has 0 spiro atoms. The maximum atomic E-state index is 11.0. The number of anilines is 1. The topological polar surface area (TPSA) is 41.1 Å². The van der Waals surface area contributed by atoms with Crippen LogP contribution in [0.25, 0.3) is 0 Å². The van der Waals surface area contributed by atoms with Crippen molar-refractivity contribution in [1.82, 2.24) is 5.32 Å². The van der Waals surface area contributed by atoms with E-state index in [-0.39, 0.29) is 5.91 Å². The maximum Gasteiger partial charge on any atom is 0.221 e. The third-order valence-electron chi connectivity index (χ3n) is 3.43. The zero-order valence-electron chi connectivity index (χ0n) is 13.0. The summed E-state index contributed by atoms with van der Waals surface area (Å²) in [6.45, 7) is 8.85. The lowest BCUT2D eigenvalue weighted by molar-refractivity contribution is -0.114. The third-order valence-corrected chi connectivity index (χ3v) is 4.41. The molecule has 0 aliphatic carbocycles. The fraction of sp³-hybridized carbons (Fsp3) is 0.353. The average Bonchev–Trinajstić information content (AvgIpc) is 2.76. The molecule has 0 saturated heterocycles. The van der Waals surface area contributed by atoms with Gasteiger partial charge in [0, 0.05) is 35.0 Å². The van der Waals surface area contributed by atoms with Crippen LogP contribution in [0, 0.1) is 13.8 Å². The van der Waals surface area contributed by atoms with E-state index in [4.69, 9.17) is 0 Å². The summed E-state index contributed by atoms with van der Waals surface area (Å²) in [6, 6.07) is 10.5. The highest BCUT2D eigenvalue weighted by Gasteiger charge is 2.10. The lowest BCUT2D eigenvalue weighted by Crippen LogP contribution is -2.18. The summed E-state index contributed by atoms with van der Waals surface area (Å²) in [6.07, 6.45) is 0. The van der Waals surface area contributed by atoms with Gasteiger partial charge in [0.1, 0.15) is 0 Å². The molecule has 21 heavy (non-hydrogen) atoms. The average molecular weight is 302 g/mol. The molecular weight excluding hydrogens is 280 g/mol. The van der Waals surface area contributed by atoms with E-state index in [0.29, 0.717) is 6.04 Å². The Bertz CT molecular complexity index is 616. The normalized spacial score (nSPS) is 12.2. The number of amides is 1. The van der Waals surface area contributed by atoms with Crippen LogP contribution in [0.5, 0.6) is 0 Å². The summed E-state index contributed by atoms with van der Waals surface area (Å²) in [5.74, 6) is -0.0437. The summed E-state index contributed by atoms with van der Waals surface area (Å²) in [5, 5.41) is 6.32. The minimum Gasteiger partial charge on any atom is -0.326 e. The molecule has 0 fully saturated rings. The Hall–Kier alpha value is -1.65. The van der Waals surface area contributed by atoms with Gasteiger partial charge in [-0.25, -0.2) is 0 Å². The summed E-state index contributed by atoms with van der Waals surface area (Å²) < 4.78 is 0. The molecule has 1 aromatic carbocycles. The Balaban J connectivity index is 1.93. The molecule has 3 nitrogen and oxygen atoms in total. The molecule has 0 aliphatic heterocycles. The fourth-order valence-corrected chi connectivity index (χ4v) is 3.39. The highest BCUT2D eigenvalue weighted by atomic mass is 32.1. The first-order chi connectivity index (χ1) is 9.95. The summed E-state index contributed by atoms with van der Waals surface area (Å²) in [5.41, 5.74) is 3.43. The smallest absolute Gasteiger partial charge is 0.221 e. The molecule has 0 aliphatic rings. The van der Waals surface area contributed by atoms with Crippen molar-refractivity contribution >= 4 is 22.9 Å². The Morgan fingerprint density at radius 1 is 1.24 bits per heavy atom. The van der Waals surface area contributed by atoms with Gasteiger partial charge in [0.2, 0.25) is 5.91 Å². The second-order valence-electron chi connectivity index (χ2n) is 5.35. The van der Waals surface area contributed by atoms with Crippen molar-refractivity contribution in [1.29, 1.82) is 0 Å². The van der Waals surface area contributed by atoms with Crippen LogP contribution in [0.1, 0.15) is 40.8 Å². The van der Waals surface area contributed by atoms with E-state index in [2.05, 4.69) is 37.5 Å². The number of nitrogens with one attached hydrogen (secondary N) is 2. The minimum atomic E-state index is -0.0437. The lowest BCUT2D eigenvalue weighted by atomic mass is 10.1. The number of aryl methyl sites for hydroxylation is 2. The zero-order chi connectivity index (χ0) is 15.4. The van der Waals surface area contributed by atoms with E-state index < -0.39 is 0 Å². The van der Waals surface area contributed by atoms with Gasteiger partial charge in [-0.15, -0.1) is 11.3 Å². The molecule has 2 rings (SSSR count). The maximum absolute atomic E-state index is 11.0. The Morgan fingerprint density at radius 2 is 1.90 bits per heavy atom. The van der Waals surface area contributed by atoms with Crippen LogP contribution in [0.2, 0.25) is 0 Å². The Labute approximate surface area is 130 Å². The van der Waals surface area contributed by atoms with Gasteiger partial charge in [0.05, 0.1) is 0 Å². The number of carbonyl (C=O) groups is 1. The molecule has 0 bridgehead atoms. The van der Waals surface area contributed by atoms with Gasteiger partial charge in [-0.3, -0.25) is 4.79 Å². The zero-order valence-corrected chi connectivity index (χ0v) is 13.8. The van der Waals surface area contributed by atoms with Gasteiger partial charge >= 0.3 is 0 Å². The van der Waals surface area contributed by atoms with E-state index >= 15 is 0 Å². The van der Waals surface area contributed by atoms with E-state index in [9.17, 15) is 4.79 Å². The highest BCUT2D eigenvalue weighted by Crippen LogP contribution is 2.26. The van der Waals surface area contributed by atoms with Crippen molar-refractivity contribution in [2.24, 2.45) is 0 Å². The Kier molecular flexibility index (Phi) is 5.15. The van der Waals surface area contributed by atoms with Crippen molar-refractivity contribution in [3.8, 4) is 0 Å².